The molecule has 1 aromatic rings. The van der Waals surface area contributed by atoms with Crippen molar-refractivity contribution in [2.45, 2.75) is 17.9 Å². The predicted molar refractivity (Wildman–Crippen MR) is 66.8 cm³/mol. The molecule has 0 fully saturated rings. The van der Waals surface area contributed by atoms with Crippen LogP contribution in [0.5, 0.6) is 5.88 Å². The van der Waals surface area contributed by atoms with Crippen LogP contribution < -0.4 is 10.1 Å². The second-order valence-corrected chi connectivity index (χ2v) is 4.53. The topological polar surface area (TPSA) is 88.5 Å². The number of amides is 1. The summed E-state index contributed by atoms with van der Waals surface area (Å²) in [4.78, 5) is 26.5. The number of aromatic nitrogens is 1. The lowest BCUT2D eigenvalue weighted by Crippen LogP contribution is -2.41. The van der Waals surface area contributed by atoms with Gasteiger partial charge in [0.2, 0.25) is 11.8 Å². The summed E-state index contributed by atoms with van der Waals surface area (Å²) in [5.74, 6) is -0.720. The lowest BCUT2D eigenvalue weighted by Gasteiger charge is -2.12. The van der Waals surface area contributed by atoms with Gasteiger partial charge in [0.25, 0.3) is 0 Å². The standard InChI is InChI=1S/C11H14N2O4S/c1-7(14)13-9(11(15)16)6-18-8-3-4-12-10(5-8)17-2/h3-5,9H,6H2,1-2H3,(H,13,14)(H,15,16)/t9-/m0/s1. The Balaban J connectivity index is 2.60. The average molecular weight is 270 g/mol. The highest BCUT2D eigenvalue weighted by Gasteiger charge is 2.18. The van der Waals surface area contributed by atoms with Gasteiger partial charge in [-0.15, -0.1) is 11.8 Å². The van der Waals surface area contributed by atoms with E-state index in [1.807, 2.05) is 0 Å². The lowest BCUT2D eigenvalue weighted by molar-refractivity contribution is -0.140. The number of aliphatic carboxylic acids is 1. The normalized spacial score (nSPS) is 11.7. The van der Waals surface area contributed by atoms with Crippen LogP contribution in [0.4, 0.5) is 0 Å². The van der Waals surface area contributed by atoms with Crippen LogP contribution in [0, 0.1) is 0 Å². The van der Waals surface area contributed by atoms with Crippen molar-refractivity contribution in [1.29, 1.82) is 0 Å². The zero-order valence-electron chi connectivity index (χ0n) is 10.0. The molecular weight excluding hydrogens is 256 g/mol. The number of methoxy groups -OCH3 is 1. The first-order valence-corrected chi connectivity index (χ1v) is 6.14. The number of thioether (sulfide) groups is 1. The Morgan fingerprint density at radius 1 is 1.61 bits per heavy atom. The molecule has 0 aliphatic rings. The number of nitrogens with zero attached hydrogens (tertiary/aromatic N) is 1. The van der Waals surface area contributed by atoms with Crippen LogP contribution in [-0.4, -0.2) is 40.9 Å². The quantitative estimate of drug-likeness (QED) is 0.742. The van der Waals surface area contributed by atoms with Gasteiger partial charge in [-0.05, 0) is 6.07 Å². The molecule has 98 valence electrons. The molecule has 0 aromatic carbocycles. The van der Waals surface area contributed by atoms with Gasteiger partial charge in [0.05, 0.1) is 7.11 Å². The molecule has 1 amide bonds. The highest BCUT2D eigenvalue weighted by atomic mass is 32.2. The maximum atomic E-state index is 10.9. The van der Waals surface area contributed by atoms with E-state index in [2.05, 4.69) is 10.3 Å². The van der Waals surface area contributed by atoms with Crippen molar-refractivity contribution >= 4 is 23.6 Å². The molecule has 0 saturated heterocycles. The van der Waals surface area contributed by atoms with E-state index in [1.165, 1.54) is 25.8 Å². The van der Waals surface area contributed by atoms with Crippen LogP contribution in [-0.2, 0) is 9.59 Å². The summed E-state index contributed by atoms with van der Waals surface area (Å²) in [5.41, 5.74) is 0. The van der Waals surface area contributed by atoms with E-state index in [1.54, 1.807) is 18.3 Å². The molecule has 0 aliphatic carbocycles. The Morgan fingerprint density at radius 3 is 2.89 bits per heavy atom. The number of pyridine rings is 1. The number of ether oxygens (including phenoxy) is 1. The molecular formula is C11H14N2O4S. The minimum absolute atomic E-state index is 0.238. The highest BCUT2D eigenvalue weighted by Crippen LogP contribution is 2.21. The second kappa shape index (κ2) is 6.85. The number of carboxylic acid groups (broad SMARTS) is 1. The van der Waals surface area contributed by atoms with Gasteiger partial charge in [0.15, 0.2) is 0 Å². The average Bonchev–Trinajstić information content (AvgIpc) is 2.34. The van der Waals surface area contributed by atoms with Gasteiger partial charge in [-0.2, -0.15) is 0 Å². The Kier molecular flexibility index (Phi) is 5.44. The third-order valence-corrected chi connectivity index (χ3v) is 3.09. The maximum Gasteiger partial charge on any atom is 0.327 e. The van der Waals surface area contributed by atoms with Gasteiger partial charge in [-0.25, -0.2) is 9.78 Å². The minimum atomic E-state index is -1.06. The second-order valence-electron chi connectivity index (χ2n) is 3.44. The van der Waals surface area contributed by atoms with E-state index in [4.69, 9.17) is 9.84 Å². The van der Waals surface area contributed by atoms with Crippen molar-refractivity contribution < 1.29 is 19.4 Å². The Labute approximate surface area is 109 Å². The summed E-state index contributed by atoms with van der Waals surface area (Å²) in [6, 6.07) is 2.55. The first-order chi connectivity index (χ1) is 8.52. The number of nitrogens with one attached hydrogen (secondary N) is 1. The van der Waals surface area contributed by atoms with Crippen LogP contribution in [0.3, 0.4) is 0 Å². The fourth-order valence-corrected chi connectivity index (χ4v) is 2.12. The summed E-state index contributed by atoms with van der Waals surface area (Å²) >= 11 is 1.31. The van der Waals surface area contributed by atoms with Crippen molar-refractivity contribution in [1.82, 2.24) is 10.3 Å². The van der Waals surface area contributed by atoms with E-state index < -0.39 is 12.0 Å². The summed E-state index contributed by atoms with van der Waals surface area (Å²) in [6.45, 7) is 1.29. The predicted octanol–water partition coefficient (Wildman–Crippen LogP) is 0.772. The molecule has 0 radical (unpaired) electrons. The van der Waals surface area contributed by atoms with Gasteiger partial charge < -0.3 is 15.2 Å². The molecule has 0 aliphatic heterocycles. The number of hydrogen-bond acceptors (Lipinski definition) is 5. The van der Waals surface area contributed by atoms with Crippen LogP contribution in [0.1, 0.15) is 6.92 Å². The van der Waals surface area contributed by atoms with Crippen LogP contribution in [0.25, 0.3) is 0 Å². The van der Waals surface area contributed by atoms with Gasteiger partial charge in [-0.3, -0.25) is 4.79 Å². The van der Waals surface area contributed by atoms with Crippen molar-refractivity contribution in [2.75, 3.05) is 12.9 Å². The molecule has 1 heterocycles. The highest BCUT2D eigenvalue weighted by molar-refractivity contribution is 7.99. The molecule has 1 rings (SSSR count). The molecule has 0 unspecified atom stereocenters. The monoisotopic (exact) mass is 270 g/mol. The number of carbonyl (C=O) groups excluding carboxylic acids is 1. The fraction of sp³-hybridized carbons (Fsp3) is 0.364. The fourth-order valence-electron chi connectivity index (χ4n) is 1.19. The largest absolute Gasteiger partial charge is 0.481 e. The number of rotatable bonds is 6. The lowest BCUT2D eigenvalue weighted by atomic mass is 10.3. The molecule has 2 N–H and O–H groups in total. The number of carboxylic acids is 1. The van der Waals surface area contributed by atoms with Gasteiger partial charge in [0.1, 0.15) is 6.04 Å². The summed E-state index contributed by atoms with van der Waals surface area (Å²) in [5, 5.41) is 11.3. The summed E-state index contributed by atoms with van der Waals surface area (Å²) in [7, 11) is 1.51. The molecule has 1 atom stereocenters. The Morgan fingerprint density at radius 2 is 2.33 bits per heavy atom. The molecule has 0 saturated carbocycles. The Bertz CT molecular complexity index is 439. The van der Waals surface area contributed by atoms with E-state index >= 15 is 0 Å². The third kappa shape index (κ3) is 4.62. The number of hydrogen-bond donors (Lipinski definition) is 2. The minimum Gasteiger partial charge on any atom is -0.481 e. The van der Waals surface area contributed by atoms with Crippen LogP contribution in [0.2, 0.25) is 0 Å². The van der Waals surface area contributed by atoms with Crippen molar-refractivity contribution in [3.05, 3.63) is 18.3 Å². The van der Waals surface area contributed by atoms with E-state index in [-0.39, 0.29) is 11.7 Å². The van der Waals surface area contributed by atoms with Crippen LogP contribution in [0.15, 0.2) is 23.2 Å². The summed E-state index contributed by atoms with van der Waals surface area (Å²) < 4.78 is 4.96. The first-order valence-electron chi connectivity index (χ1n) is 5.15. The van der Waals surface area contributed by atoms with Crippen molar-refractivity contribution in [3.8, 4) is 5.88 Å². The number of carbonyl (C=O) groups is 2. The van der Waals surface area contributed by atoms with Gasteiger partial charge >= 0.3 is 5.97 Å². The molecule has 0 spiro atoms. The van der Waals surface area contributed by atoms with E-state index in [9.17, 15) is 9.59 Å². The molecule has 1 aromatic heterocycles. The summed E-state index contributed by atoms with van der Waals surface area (Å²) in [6.07, 6.45) is 1.58. The zero-order chi connectivity index (χ0) is 13.5. The van der Waals surface area contributed by atoms with Crippen LogP contribution >= 0.6 is 11.8 Å². The third-order valence-electron chi connectivity index (χ3n) is 2.01. The molecule has 0 bridgehead atoms. The molecule has 6 nitrogen and oxygen atoms in total. The first kappa shape index (κ1) is 14.3. The smallest absolute Gasteiger partial charge is 0.327 e. The Hall–Kier alpha value is -1.76. The molecule has 7 heteroatoms. The maximum absolute atomic E-state index is 10.9. The van der Waals surface area contributed by atoms with Crippen molar-refractivity contribution in [2.24, 2.45) is 0 Å². The SMILES string of the molecule is COc1cc(SC[C@H](NC(C)=O)C(=O)O)ccn1. The molecule has 18 heavy (non-hydrogen) atoms. The van der Waals surface area contributed by atoms with E-state index in [0.717, 1.165) is 4.90 Å². The van der Waals surface area contributed by atoms with E-state index in [0.29, 0.717) is 5.88 Å². The van der Waals surface area contributed by atoms with Crippen molar-refractivity contribution in [3.63, 3.8) is 0 Å². The van der Waals surface area contributed by atoms with Gasteiger partial charge in [0, 0.05) is 29.8 Å². The zero-order valence-corrected chi connectivity index (χ0v) is 10.9. The van der Waals surface area contributed by atoms with Gasteiger partial charge in [-0.1, -0.05) is 0 Å².